The first kappa shape index (κ1) is 18.9. The number of hydrogen-bond donors (Lipinski definition) is 2. The molecule has 0 aliphatic heterocycles. The Labute approximate surface area is 120 Å². The molecule has 0 saturated carbocycles. The van der Waals surface area contributed by atoms with Gasteiger partial charge in [0.15, 0.2) is 12.2 Å². The van der Waals surface area contributed by atoms with Crippen molar-refractivity contribution in [3.63, 3.8) is 0 Å². The van der Waals surface area contributed by atoms with Crippen LogP contribution in [0.3, 0.4) is 0 Å². The highest BCUT2D eigenvalue weighted by Gasteiger charge is 2.35. The van der Waals surface area contributed by atoms with Gasteiger partial charge in [0.1, 0.15) is 0 Å². The van der Waals surface area contributed by atoms with Crippen molar-refractivity contribution in [3.05, 3.63) is 0 Å². The highest BCUT2D eigenvalue weighted by molar-refractivity contribution is 5.83. The van der Waals surface area contributed by atoms with Crippen LogP contribution >= 0.6 is 0 Å². The average molecular weight is 290 g/mol. The molecule has 0 saturated heterocycles. The first-order valence-corrected chi connectivity index (χ1v) is 7.23. The van der Waals surface area contributed by atoms with Crippen LogP contribution in [0.5, 0.6) is 0 Å². The minimum atomic E-state index is -1.45. The lowest BCUT2D eigenvalue weighted by molar-refractivity contribution is -0.176. The zero-order valence-corrected chi connectivity index (χ0v) is 12.3. The van der Waals surface area contributed by atoms with Crippen LogP contribution in [0.2, 0.25) is 0 Å². The van der Waals surface area contributed by atoms with Crippen LogP contribution in [-0.2, 0) is 19.1 Å². The quantitative estimate of drug-likeness (QED) is 0.506. The first-order valence-electron chi connectivity index (χ1n) is 7.23. The number of carboxylic acid groups (broad SMARTS) is 2. The van der Waals surface area contributed by atoms with E-state index in [1.165, 1.54) is 0 Å². The monoisotopic (exact) mass is 290 g/mol. The molecule has 0 aromatic rings. The fourth-order valence-electron chi connectivity index (χ4n) is 1.70. The Morgan fingerprint density at radius 3 is 1.40 bits per heavy atom. The molecular weight excluding hydrogens is 264 g/mol. The smallest absolute Gasteiger partial charge is 0.336 e. The number of rotatable bonds is 13. The van der Waals surface area contributed by atoms with E-state index in [1.54, 1.807) is 0 Å². The van der Waals surface area contributed by atoms with E-state index in [4.69, 9.17) is 19.7 Å². The Bertz CT molecular complexity index is 251. The average Bonchev–Trinajstić information content (AvgIpc) is 2.39. The molecule has 20 heavy (non-hydrogen) atoms. The number of carboxylic acids is 2. The van der Waals surface area contributed by atoms with E-state index in [9.17, 15) is 9.59 Å². The van der Waals surface area contributed by atoms with Crippen LogP contribution < -0.4 is 0 Å². The summed E-state index contributed by atoms with van der Waals surface area (Å²) in [7, 11) is 0. The summed E-state index contributed by atoms with van der Waals surface area (Å²) in [6.45, 7) is 4.50. The SMILES string of the molecule is CCCCCO[C@@H](C(=O)O)[C@@H](OCCCCC)C(=O)O. The minimum absolute atomic E-state index is 0.229. The summed E-state index contributed by atoms with van der Waals surface area (Å²) in [5, 5.41) is 18.2. The van der Waals surface area contributed by atoms with Crippen molar-refractivity contribution in [2.75, 3.05) is 13.2 Å². The topological polar surface area (TPSA) is 93.1 Å². The lowest BCUT2D eigenvalue weighted by atomic mass is 10.2. The van der Waals surface area contributed by atoms with E-state index in [1.807, 2.05) is 13.8 Å². The van der Waals surface area contributed by atoms with Crippen LogP contribution in [-0.4, -0.2) is 47.6 Å². The van der Waals surface area contributed by atoms with Crippen molar-refractivity contribution >= 4 is 11.9 Å². The van der Waals surface area contributed by atoms with Crippen LogP contribution in [0.4, 0.5) is 0 Å². The van der Waals surface area contributed by atoms with Gasteiger partial charge in [-0.15, -0.1) is 0 Å². The second kappa shape index (κ2) is 11.7. The van der Waals surface area contributed by atoms with Gasteiger partial charge in [-0.2, -0.15) is 0 Å². The van der Waals surface area contributed by atoms with Crippen molar-refractivity contribution in [2.45, 2.75) is 64.6 Å². The van der Waals surface area contributed by atoms with Gasteiger partial charge in [0.2, 0.25) is 0 Å². The molecular formula is C14H26O6. The zero-order chi connectivity index (χ0) is 15.4. The normalized spacial score (nSPS) is 13.9. The van der Waals surface area contributed by atoms with Crippen molar-refractivity contribution in [3.8, 4) is 0 Å². The van der Waals surface area contributed by atoms with Crippen LogP contribution in [0.1, 0.15) is 52.4 Å². The standard InChI is InChI=1S/C14H26O6/c1-3-5-7-9-19-11(13(15)16)12(14(17)18)20-10-8-6-4-2/h11-12H,3-10H2,1-2H3,(H,15,16)(H,17,18)/t11-,12-/m1/s1. The van der Waals surface area contributed by atoms with Gasteiger partial charge < -0.3 is 19.7 Å². The second-order valence-electron chi connectivity index (χ2n) is 4.67. The summed E-state index contributed by atoms with van der Waals surface area (Å²) in [5.41, 5.74) is 0. The number of aliphatic carboxylic acids is 2. The molecule has 0 unspecified atom stereocenters. The summed E-state index contributed by atoms with van der Waals surface area (Å²) in [4.78, 5) is 22.3. The first-order chi connectivity index (χ1) is 9.54. The minimum Gasteiger partial charge on any atom is -0.479 e. The fourth-order valence-corrected chi connectivity index (χ4v) is 1.70. The van der Waals surface area contributed by atoms with Gasteiger partial charge in [-0.3, -0.25) is 0 Å². The van der Waals surface area contributed by atoms with Crippen LogP contribution in [0.25, 0.3) is 0 Å². The largest absolute Gasteiger partial charge is 0.479 e. The van der Waals surface area contributed by atoms with Crippen molar-refractivity contribution < 1.29 is 29.3 Å². The molecule has 2 N–H and O–H groups in total. The van der Waals surface area contributed by atoms with Gasteiger partial charge in [0, 0.05) is 13.2 Å². The third kappa shape index (κ3) is 8.12. The molecule has 0 fully saturated rings. The molecule has 6 heteroatoms. The molecule has 118 valence electrons. The lowest BCUT2D eigenvalue weighted by Crippen LogP contribution is -2.44. The van der Waals surface area contributed by atoms with E-state index in [0.717, 1.165) is 25.7 Å². The molecule has 0 amide bonds. The highest BCUT2D eigenvalue weighted by Crippen LogP contribution is 2.09. The fraction of sp³-hybridized carbons (Fsp3) is 0.857. The molecule has 0 aromatic heterocycles. The third-order valence-corrected chi connectivity index (χ3v) is 2.85. The predicted molar refractivity (Wildman–Crippen MR) is 73.8 cm³/mol. The van der Waals surface area contributed by atoms with Gasteiger partial charge in [0.05, 0.1) is 0 Å². The Morgan fingerprint density at radius 2 is 1.15 bits per heavy atom. The predicted octanol–water partition coefficient (Wildman–Crippen LogP) is 2.31. The summed E-state index contributed by atoms with van der Waals surface area (Å²) < 4.78 is 10.4. The van der Waals surface area contributed by atoms with Gasteiger partial charge in [0.25, 0.3) is 0 Å². The van der Waals surface area contributed by atoms with Gasteiger partial charge >= 0.3 is 11.9 Å². The zero-order valence-electron chi connectivity index (χ0n) is 12.3. The summed E-state index contributed by atoms with van der Waals surface area (Å²) in [6.07, 6.45) is 2.32. The summed E-state index contributed by atoms with van der Waals surface area (Å²) in [6, 6.07) is 0. The maximum Gasteiger partial charge on any atom is 0.336 e. The molecule has 0 aliphatic rings. The van der Waals surface area contributed by atoms with E-state index in [2.05, 4.69) is 0 Å². The molecule has 0 spiro atoms. The van der Waals surface area contributed by atoms with Crippen LogP contribution in [0, 0.1) is 0 Å². The molecule has 6 nitrogen and oxygen atoms in total. The van der Waals surface area contributed by atoms with Crippen molar-refractivity contribution in [1.82, 2.24) is 0 Å². The van der Waals surface area contributed by atoms with E-state index >= 15 is 0 Å². The third-order valence-electron chi connectivity index (χ3n) is 2.85. The van der Waals surface area contributed by atoms with E-state index < -0.39 is 24.1 Å². The maximum atomic E-state index is 11.1. The molecule has 0 bridgehead atoms. The van der Waals surface area contributed by atoms with Crippen LogP contribution in [0.15, 0.2) is 0 Å². The summed E-state index contributed by atoms with van der Waals surface area (Å²) in [5.74, 6) is -2.60. The molecule has 0 aliphatic carbocycles. The van der Waals surface area contributed by atoms with Crippen molar-refractivity contribution in [1.29, 1.82) is 0 Å². The number of hydrogen-bond acceptors (Lipinski definition) is 4. The Kier molecular flexibility index (Phi) is 11.0. The summed E-state index contributed by atoms with van der Waals surface area (Å²) >= 11 is 0. The second-order valence-corrected chi connectivity index (χ2v) is 4.67. The molecule has 0 radical (unpaired) electrons. The van der Waals surface area contributed by atoms with E-state index in [0.29, 0.717) is 12.8 Å². The molecule has 0 aromatic carbocycles. The van der Waals surface area contributed by atoms with E-state index in [-0.39, 0.29) is 13.2 Å². The van der Waals surface area contributed by atoms with Gasteiger partial charge in [-0.1, -0.05) is 39.5 Å². The number of ether oxygens (including phenoxy) is 2. The molecule has 0 rings (SSSR count). The molecule has 0 heterocycles. The molecule has 2 atom stereocenters. The van der Waals surface area contributed by atoms with Gasteiger partial charge in [-0.05, 0) is 12.8 Å². The van der Waals surface area contributed by atoms with Gasteiger partial charge in [-0.25, -0.2) is 9.59 Å². The lowest BCUT2D eigenvalue weighted by Gasteiger charge is -2.21. The number of unbranched alkanes of at least 4 members (excludes halogenated alkanes) is 4. The maximum absolute atomic E-state index is 11.1. The Balaban J connectivity index is 4.37. The number of carbonyl (C=O) groups is 2. The van der Waals surface area contributed by atoms with Crippen molar-refractivity contribution in [2.24, 2.45) is 0 Å². The Hall–Kier alpha value is -1.14. The highest BCUT2D eigenvalue weighted by atomic mass is 16.6. The Morgan fingerprint density at radius 1 is 0.800 bits per heavy atom.